The van der Waals surface area contributed by atoms with Gasteiger partial charge in [-0.2, -0.15) is 0 Å². The Balaban J connectivity index is 2.14. The fourth-order valence-electron chi connectivity index (χ4n) is 2.17. The van der Waals surface area contributed by atoms with Crippen molar-refractivity contribution in [1.82, 2.24) is 10.2 Å². The van der Waals surface area contributed by atoms with Crippen LogP contribution in [0.2, 0.25) is 0 Å². The molecule has 0 saturated carbocycles. The summed E-state index contributed by atoms with van der Waals surface area (Å²) in [5, 5.41) is 12.6. The van der Waals surface area contributed by atoms with Gasteiger partial charge in [-0.05, 0) is 38.9 Å². The molecular formula is C11H24N2O2. The summed E-state index contributed by atoms with van der Waals surface area (Å²) in [4.78, 5) is 2.34. The average Bonchev–Trinajstić information content (AvgIpc) is 2.22. The van der Waals surface area contributed by atoms with E-state index in [2.05, 4.69) is 10.2 Å². The van der Waals surface area contributed by atoms with Crippen LogP contribution < -0.4 is 5.32 Å². The molecule has 0 aromatic rings. The van der Waals surface area contributed by atoms with Crippen LogP contribution in [-0.4, -0.2) is 63.1 Å². The first kappa shape index (κ1) is 12.9. The second-order valence-electron chi connectivity index (χ2n) is 4.41. The maximum atomic E-state index is 9.64. The van der Waals surface area contributed by atoms with Crippen molar-refractivity contribution in [3.63, 3.8) is 0 Å². The Morgan fingerprint density at radius 3 is 2.67 bits per heavy atom. The van der Waals surface area contributed by atoms with E-state index in [1.165, 1.54) is 12.8 Å². The van der Waals surface area contributed by atoms with Gasteiger partial charge in [0, 0.05) is 26.8 Å². The number of nitrogens with one attached hydrogen (secondary N) is 1. The number of ether oxygens (including phenoxy) is 1. The zero-order chi connectivity index (χ0) is 11.1. The Bertz CT molecular complexity index is 159. The van der Waals surface area contributed by atoms with Crippen LogP contribution in [0.15, 0.2) is 0 Å². The van der Waals surface area contributed by atoms with Gasteiger partial charge in [-0.15, -0.1) is 0 Å². The molecule has 1 atom stereocenters. The number of aliphatic hydroxyl groups is 1. The van der Waals surface area contributed by atoms with Crippen LogP contribution in [-0.2, 0) is 4.74 Å². The van der Waals surface area contributed by atoms with Crippen LogP contribution in [0.3, 0.4) is 0 Å². The van der Waals surface area contributed by atoms with Crippen LogP contribution in [0.1, 0.15) is 12.8 Å². The van der Waals surface area contributed by atoms with E-state index in [9.17, 15) is 5.11 Å². The quantitative estimate of drug-likeness (QED) is 0.652. The molecule has 4 heteroatoms. The molecule has 0 spiro atoms. The SMILES string of the molecule is CNCC(O)CN1CCC(COC)CC1. The summed E-state index contributed by atoms with van der Waals surface area (Å²) >= 11 is 0. The summed E-state index contributed by atoms with van der Waals surface area (Å²) in [6.45, 7) is 4.54. The van der Waals surface area contributed by atoms with Crippen LogP contribution in [0.25, 0.3) is 0 Å². The number of hydrogen-bond donors (Lipinski definition) is 2. The number of hydrogen-bond acceptors (Lipinski definition) is 4. The lowest BCUT2D eigenvalue weighted by atomic mass is 9.97. The van der Waals surface area contributed by atoms with Gasteiger partial charge in [-0.25, -0.2) is 0 Å². The van der Waals surface area contributed by atoms with E-state index >= 15 is 0 Å². The molecular weight excluding hydrogens is 192 g/mol. The van der Waals surface area contributed by atoms with Gasteiger partial charge < -0.3 is 20.1 Å². The van der Waals surface area contributed by atoms with Gasteiger partial charge in [-0.3, -0.25) is 0 Å². The molecule has 4 nitrogen and oxygen atoms in total. The van der Waals surface area contributed by atoms with Crippen molar-refractivity contribution in [2.24, 2.45) is 5.92 Å². The highest BCUT2D eigenvalue weighted by molar-refractivity contribution is 4.74. The monoisotopic (exact) mass is 216 g/mol. The Labute approximate surface area is 92.6 Å². The maximum absolute atomic E-state index is 9.64. The molecule has 2 N–H and O–H groups in total. The first-order valence-electron chi connectivity index (χ1n) is 5.80. The molecule has 0 amide bonds. The van der Waals surface area contributed by atoms with E-state index < -0.39 is 0 Å². The van der Waals surface area contributed by atoms with Crippen molar-refractivity contribution in [3.8, 4) is 0 Å². The van der Waals surface area contributed by atoms with Gasteiger partial charge in [0.15, 0.2) is 0 Å². The minimum Gasteiger partial charge on any atom is -0.390 e. The number of piperidine rings is 1. The van der Waals surface area contributed by atoms with Crippen molar-refractivity contribution in [1.29, 1.82) is 0 Å². The molecule has 0 aliphatic carbocycles. The Kier molecular flexibility index (Phi) is 6.17. The fourth-order valence-corrected chi connectivity index (χ4v) is 2.17. The van der Waals surface area contributed by atoms with E-state index in [1.54, 1.807) is 7.11 Å². The summed E-state index contributed by atoms with van der Waals surface area (Å²) in [5.74, 6) is 0.715. The predicted octanol–water partition coefficient (Wildman–Crippen LogP) is -0.0749. The first-order chi connectivity index (χ1) is 7.26. The Morgan fingerprint density at radius 2 is 2.13 bits per heavy atom. The zero-order valence-corrected chi connectivity index (χ0v) is 9.91. The topological polar surface area (TPSA) is 44.7 Å². The molecule has 1 saturated heterocycles. The highest BCUT2D eigenvalue weighted by Crippen LogP contribution is 2.17. The van der Waals surface area contributed by atoms with Gasteiger partial charge >= 0.3 is 0 Å². The largest absolute Gasteiger partial charge is 0.390 e. The van der Waals surface area contributed by atoms with Crippen LogP contribution in [0.5, 0.6) is 0 Å². The van der Waals surface area contributed by atoms with Crippen molar-refractivity contribution >= 4 is 0 Å². The van der Waals surface area contributed by atoms with E-state index in [1.807, 2.05) is 7.05 Å². The van der Waals surface area contributed by atoms with Crippen molar-refractivity contribution in [3.05, 3.63) is 0 Å². The number of rotatable bonds is 6. The smallest absolute Gasteiger partial charge is 0.0791 e. The Morgan fingerprint density at radius 1 is 1.47 bits per heavy atom. The summed E-state index contributed by atoms with van der Waals surface area (Å²) in [6, 6.07) is 0. The molecule has 1 rings (SSSR count). The van der Waals surface area contributed by atoms with E-state index in [0.717, 1.165) is 26.2 Å². The molecule has 0 bridgehead atoms. The second kappa shape index (κ2) is 7.17. The standard InChI is InChI=1S/C11H24N2O2/c1-12-7-11(14)8-13-5-3-10(4-6-13)9-15-2/h10-12,14H,3-9H2,1-2H3. The molecule has 0 radical (unpaired) electrons. The van der Waals surface area contributed by atoms with Gasteiger partial charge in [0.25, 0.3) is 0 Å². The van der Waals surface area contributed by atoms with Gasteiger partial charge in [0.1, 0.15) is 0 Å². The number of aliphatic hydroxyl groups excluding tert-OH is 1. The summed E-state index contributed by atoms with van der Waals surface area (Å²) in [5.41, 5.74) is 0. The van der Waals surface area contributed by atoms with Crippen LogP contribution in [0.4, 0.5) is 0 Å². The third kappa shape index (κ3) is 4.93. The van der Waals surface area contributed by atoms with Gasteiger partial charge in [0.2, 0.25) is 0 Å². The summed E-state index contributed by atoms with van der Waals surface area (Å²) in [6.07, 6.45) is 2.15. The molecule has 1 aliphatic rings. The number of methoxy groups -OCH3 is 1. The molecule has 1 fully saturated rings. The highest BCUT2D eigenvalue weighted by Gasteiger charge is 2.20. The highest BCUT2D eigenvalue weighted by atomic mass is 16.5. The average molecular weight is 216 g/mol. The molecule has 0 aromatic carbocycles. The normalized spacial score (nSPS) is 21.8. The number of β-amino-alcohol motifs (C(OH)–C–C–N with tert-alkyl or cyclic N) is 1. The van der Waals surface area contributed by atoms with E-state index in [0.29, 0.717) is 12.5 Å². The summed E-state index contributed by atoms with van der Waals surface area (Å²) < 4.78 is 5.16. The third-order valence-corrected chi connectivity index (χ3v) is 3.02. The Hall–Kier alpha value is -0.160. The second-order valence-corrected chi connectivity index (χ2v) is 4.41. The number of likely N-dealkylation sites (tertiary alicyclic amines) is 1. The molecule has 0 aromatic heterocycles. The van der Waals surface area contributed by atoms with Gasteiger partial charge in [-0.1, -0.05) is 0 Å². The van der Waals surface area contributed by atoms with E-state index in [-0.39, 0.29) is 6.10 Å². The molecule has 1 heterocycles. The van der Waals surface area contributed by atoms with Crippen molar-refractivity contribution in [2.45, 2.75) is 18.9 Å². The third-order valence-electron chi connectivity index (χ3n) is 3.02. The lowest BCUT2D eigenvalue weighted by Gasteiger charge is -2.32. The van der Waals surface area contributed by atoms with Crippen molar-refractivity contribution < 1.29 is 9.84 Å². The first-order valence-corrected chi connectivity index (χ1v) is 5.80. The maximum Gasteiger partial charge on any atom is 0.0791 e. The number of likely N-dealkylation sites (N-methyl/N-ethyl adjacent to an activating group) is 1. The minimum absolute atomic E-state index is 0.242. The molecule has 1 unspecified atom stereocenters. The summed E-state index contributed by atoms with van der Waals surface area (Å²) in [7, 11) is 3.64. The van der Waals surface area contributed by atoms with Crippen LogP contribution in [0, 0.1) is 5.92 Å². The molecule has 15 heavy (non-hydrogen) atoms. The van der Waals surface area contributed by atoms with Crippen LogP contribution >= 0.6 is 0 Å². The zero-order valence-electron chi connectivity index (χ0n) is 9.91. The number of nitrogens with zero attached hydrogens (tertiary/aromatic N) is 1. The van der Waals surface area contributed by atoms with Gasteiger partial charge in [0.05, 0.1) is 6.10 Å². The predicted molar refractivity (Wildman–Crippen MR) is 61.0 cm³/mol. The lowest BCUT2D eigenvalue weighted by molar-refractivity contribution is 0.0664. The van der Waals surface area contributed by atoms with Crippen molar-refractivity contribution in [2.75, 3.05) is 46.9 Å². The lowest BCUT2D eigenvalue weighted by Crippen LogP contribution is -2.42. The minimum atomic E-state index is -0.242. The molecule has 90 valence electrons. The van der Waals surface area contributed by atoms with E-state index in [4.69, 9.17) is 4.74 Å². The molecule has 1 aliphatic heterocycles. The fraction of sp³-hybridized carbons (Fsp3) is 1.00.